The second-order valence-corrected chi connectivity index (χ2v) is 7.98. The van der Waals surface area contributed by atoms with Gasteiger partial charge in [-0.05, 0) is 63.6 Å². The number of benzene rings is 1. The van der Waals surface area contributed by atoms with E-state index in [1.54, 1.807) is 18.2 Å². The Balaban J connectivity index is 0.00000243. The molecule has 2 saturated heterocycles. The first-order valence-electron chi connectivity index (χ1n) is 9.07. The molecule has 26 heavy (non-hydrogen) atoms. The summed E-state index contributed by atoms with van der Waals surface area (Å²) >= 11 is 6.06. The van der Waals surface area contributed by atoms with Crippen molar-refractivity contribution in [3.05, 3.63) is 28.8 Å². The molecule has 0 saturated carbocycles. The Morgan fingerprint density at radius 2 is 1.88 bits per heavy atom. The molecular formula is C19H27Cl2N3O2. The highest BCUT2D eigenvalue weighted by Crippen LogP contribution is 2.33. The SMILES string of the molecule is CC(C)NC(=O)c1ccc(Cl)cc1NC(=O)CC1CC2CCC(C1)N2.Cl. The number of piperidine rings is 1. The van der Waals surface area contributed by atoms with E-state index in [2.05, 4.69) is 16.0 Å². The van der Waals surface area contributed by atoms with Crippen LogP contribution in [0.5, 0.6) is 0 Å². The lowest BCUT2D eigenvalue weighted by Gasteiger charge is -2.28. The number of amides is 2. The van der Waals surface area contributed by atoms with E-state index in [9.17, 15) is 9.59 Å². The van der Waals surface area contributed by atoms with E-state index in [1.165, 1.54) is 12.8 Å². The van der Waals surface area contributed by atoms with Crippen molar-refractivity contribution in [2.75, 3.05) is 5.32 Å². The van der Waals surface area contributed by atoms with Crippen LogP contribution in [0.2, 0.25) is 5.02 Å². The number of hydrogen-bond donors (Lipinski definition) is 3. The molecule has 2 atom stereocenters. The van der Waals surface area contributed by atoms with Crippen molar-refractivity contribution in [3.63, 3.8) is 0 Å². The molecule has 2 aliphatic heterocycles. The van der Waals surface area contributed by atoms with E-state index in [-0.39, 0.29) is 30.3 Å². The Morgan fingerprint density at radius 3 is 2.50 bits per heavy atom. The summed E-state index contributed by atoms with van der Waals surface area (Å²) in [6.07, 6.45) is 5.04. The molecule has 2 aliphatic rings. The average molecular weight is 400 g/mol. The van der Waals surface area contributed by atoms with Gasteiger partial charge < -0.3 is 16.0 Å². The van der Waals surface area contributed by atoms with E-state index in [0.717, 1.165) is 12.8 Å². The highest BCUT2D eigenvalue weighted by molar-refractivity contribution is 6.31. The maximum Gasteiger partial charge on any atom is 0.253 e. The number of rotatable bonds is 5. The van der Waals surface area contributed by atoms with Crippen molar-refractivity contribution < 1.29 is 9.59 Å². The maximum atomic E-state index is 12.5. The summed E-state index contributed by atoms with van der Waals surface area (Å²) in [5.41, 5.74) is 0.921. The predicted molar refractivity (Wildman–Crippen MR) is 107 cm³/mol. The van der Waals surface area contributed by atoms with Crippen molar-refractivity contribution >= 4 is 41.5 Å². The van der Waals surface area contributed by atoms with Crippen LogP contribution in [0.15, 0.2) is 18.2 Å². The Labute approximate surface area is 166 Å². The summed E-state index contributed by atoms with van der Waals surface area (Å²) in [7, 11) is 0. The van der Waals surface area contributed by atoms with Gasteiger partial charge in [-0.2, -0.15) is 0 Å². The van der Waals surface area contributed by atoms with Crippen molar-refractivity contribution in [3.8, 4) is 0 Å². The van der Waals surface area contributed by atoms with Crippen LogP contribution in [0.1, 0.15) is 56.3 Å². The normalized spacial score (nSPS) is 24.1. The molecule has 144 valence electrons. The smallest absolute Gasteiger partial charge is 0.253 e. The van der Waals surface area contributed by atoms with Crippen LogP contribution < -0.4 is 16.0 Å². The second kappa shape index (κ2) is 9.07. The minimum Gasteiger partial charge on any atom is -0.350 e. The summed E-state index contributed by atoms with van der Waals surface area (Å²) in [4.78, 5) is 24.9. The summed E-state index contributed by atoms with van der Waals surface area (Å²) < 4.78 is 0. The van der Waals surface area contributed by atoms with Gasteiger partial charge in [0.1, 0.15) is 0 Å². The summed E-state index contributed by atoms with van der Waals surface area (Å²) in [6.45, 7) is 3.80. The minimum atomic E-state index is -0.207. The largest absolute Gasteiger partial charge is 0.350 e. The first-order chi connectivity index (χ1) is 11.9. The van der Waals surface area contributed by atoms with Crippen molar-refractivity contribution in [1.82, 2.24) is 10.6 Å². The van der Waals surface area contributed by atoms with E-state index in [4.69, 9.17) is 11.6 Å². The third-order valence-electron chi connectivity index (χ3n) is 4.96. The topological polar surface area (TPSA) is 70.2 Å². The molecule has 0 spiro atoms. The number of nitrogens with one attached hydrogen (secondary N) is 3. The fraction of sp³-hybridized carbons (Fsp3) is 0.579. The predicted octanol–water partition coefficient (Wildman–Crippen LogP) is 3.76. The summed E-state index contributed by atoms with van der Waals surface area (Å²) in [5, 5.41) is 9.84. The molecule has 1 aromatic carbocycles. The van der Waals surface area contributed by atoms with Gasteiger partial charge in [0.2, 0.25) is 5.91 Å². The van der Waals surface area contributed by atoms with Crippen LogP contribution in [0.4, 0.5) is 5.69 Å². The molecule has 5 nitrogen and oxygen atoms in total. The zero-order valence-corrected chi connectivity index (χ0v) is 16.8. The van der Waals surface area contributed by atoms with Gasteiger partial charge in [-0.25, -0.2) is 0 Å². The Kier molecular flexibility index (Phi) is 7.33. The molecule has 0 aliphatic carbocycles. The number of carbonyl (C=O) groups excluding carboxylic acids is 2. The van der Waals surface area contributed by atoms with Crippen LogP contribution in [-0.4, -0.2) is 29.9 Å². The highest BCUT2D eigenvalue weighted by Gasteiger charge is 2.34. The van der Waals surface area contributed by atoms with Crippen molar-refractivity contribution in [2.24, 2.45) is 5.92 Å². The van der Waals surface area contributed by atoms with Gasteiger partial charge in [0, 0.05) is 29.6 Å². The minimum absolute atomic E-state index is 0. The zero-order valence-electron chi connectivity index (χ0n) is 15.2. The molecule has 2 amide bonds. The third kappa shape index (κ3) is 5.35. The second-order valence-electron chi connectivity index (χ2n) is 7.55. The first kappa shape index (κ1) is 21.0. The van der Waals surface area contributed by atoms with Crippen molar-refractivity contribution in [2.45, 2.75) is 64.1 Å². The Morgan fingerprint density at radius 1 is 1.23 bits per heavy atom. The molecule has 3 rings (SSSR count). The van der Waals surface area contributed by atoms with Gasteiger partial charge in [-0.15, -0.1) is 12.4 Å². The van der Waals surface area contributed by atoms with Crippen LogP contribution in [0, 0.1) is 5.92 Å². The lowest BCUT2D eigenvalue weighted by atomic mass is 9.89. The standard InChI is InChI=1S/C19H26ClN3O2.ClH/c1-11(2)21-19(25)16-6-3-13(20)10-17(16)23-18(24)9-12-7-14-4-5-15(8-12)22-14;/h3,6,10-12,14-15,22H,4-5,7-9H2,1-2H3,(H,21,25)(H,23,24);1H. The molecule has 2 fully saturated rings. The maximum absolute atomic E-state index is 12.5. The average Bonchev–Trinajstić information content (AvgIpc) is 2.85. The summed E-state index contributed by atoms with van der Waals surface area (Å²) in [5.74, 6) is 0.153. The van der Waals surface area contributed by atoms with Crippen LogP contribution in [0.3, 0.4) is 0 Å². The molecule has 0 aromatic heterocycles. The van der Waals surface area contributed by atoms with Crippen LogP contribution in [-0.2, 0) is 4.79 Å². The molecule has 7 heteroatoms. The van der Waals surface area contributed by atoms with Crippen molar-refractivity contribution in [1.29, 1.82) is 0 Å². The number of carbonyl (C=O) groups is 2. The molecule has 2 unspecified atom stereocenters. The molecule has 3 N–H and O–H groups in total. The molecule has 2 bridgehead atoms. The number of anilines is 1. The lowest BCUT2D eigenvalue weighted by molar-refractivity contribution is -0.117. The molecular weight excluding hydrogens is 373 g/mol. The van der Waals surface area contributed by atoms with Gasteiger partial charge in [0.25, 0.3) is 5.91 Å². The first-order valence-corrected chi connectivity index (χ1v) is 9.45. The van der Waals surface area contributed by atoms with Gasteiger partial charge >= 0.3 is 0 Å². The van der Waals surface area contributed by atoms with E-state index in [0.29, 0.717) is 40.7 Å². The van der Waals surface area contributed by atoms with Gasteiger partial charge in [0.15, 0.2) is 0 Å². The van der Waals surface area contributed by atoms with Gasteiger partial charge in [-0.3, -0.25) is 9.59 Å². The van der Waals surface area contributed by atoms with Crippen LogP contribution >= 0.6 is 24.0 Å². The number of hydrogen-bond acceptors (Lipinski definition) is 3. The Bertz CT molecular complexity index is 654. The van der Waals surface area contributed by atoms with Gasteiger partial charge in [0.05, 0.1) is 11.3 Å². The quantitative estimate of drug-likeness (QED) is 0.705. The molecule has 0 radical (unpaired) electrons. The molecule has 1 aromatic rings. The lowest BCUT2D eigenvalue weighted by Crippen LogP contribution is -2.39. The Hall–Kier alpha value is -1.30. The third-order valence-corrected chi connectivity index (χ3v) is 5.20. The monoisotopic (exact) mass is 399 g/mol. The van der Waals surface area contributed by atoms with E-state index < -0.39 is 0 Å². The zero-order chi connectivity index (χ0) is 18.0. The summed E-state index contributed by atoms with van der Waals surface area (Å²) in [6, 6.07) is 6.11. The highest BCUT2D eigenvalue weighted by atomic mass is 35.5. The van der Waals surface area contributed by atoms with Crippen LogP contribution in [0.25, 0.3) is 0 Å². The fourth-order valence-corrected chi connectivity index (χ4v) is 4.14. The molecule has 2 heterocycles. The van der Waals surface area contributed by atoms with E-state index in [1.807, 2.05) is 13.8 Å². The number of halogens is 2. The van der Waals surface area contributed by atoms with Gasteiger partial charge in [-0.1, -0.05) is 11.6 Å². The van der Waals surface area contributed by atoms with E-state index >= 15 is 0 Å². The number of fused-ring (bicyclic) bond motifs is 2. The fourth-order valence-electron chi connectivity index (χ4n) is 3.96.